The fourth-order valence-corrected chi connectivity index (χ4v) is 1.60. The van der Waals surface area contributed by atoms with E-state index in [-0.39, 0.29) is 5.84 Å². The first-order valence-corrected chi connectivity index (χ1v) is 6.02. The molecule has 18 heavy (non-hydrogen) atoms. The Hall–Kier alpha value is -1.98. The summed E-state index contributed by atoms with van der Waals surface area (Å²) in [6, 6.07) is 3.73. The molecule has 1 aromatic rings. The molecule has 1 heterocycles. The number of rotatable bonds is 7. The summed E-state index contributed by atoms with van der Waals surface area (Å²) >= 11 is 0. The predicted octanol–water partition coefficient (Wildman–Crippen LogP) is 1.44. The first-order chi connectivity index (χ1) is 8.72. The second-order valence-corrected chi connectivity index (χ2v) is 3.68. The van der Waals surface area contributed by atoms with Crippen LogP contribution in [0.15, 0.2) is 23.5 Å². The van der Waals surface area contributed by atoms with Gasteiger partial charge in [0.25, 0.3) is 0 Å². The van der Waals surface area contributed by atoms with Crippen LogP contribution >= 0.6 is 0 Å². The van der Waals surface area contributed by atoms with E-state index in [2.05, 4.69) is 10.1 Å². The van der Waals surface area contributed by atoms with Crippen molar-refractivity contribution in [3.8, 4) is 5.75 Å². The minimum Gasteiger partial charge on any atom is -0.490 e. The summed E-state index contributed by atoms with van der Waals surface area (Å²) in [5.74, 6) is 1.75. The Labute approximate surface area is 107 Å². The molecule has 6 nitrogen and oxygen atoms in total. The molecule has 6 heteroatoms. The number of anilines is 1. The van der Waals surface area contributed by atoms with Crippen LogP contribution in [0.2, 0.25) is 0 Å². The number of aromatic nitrogens is 1. The Balaban J connectivity index is 2.80. The zero-order valence-corrected chi connectivity index (χ0v) is 10.8. The van der Waals surface area contributed by atoms with Gasteiger partial charge in [-0.1, -0.05) is 5.16 Å². The Morgan fingerprint density at radius 2 is 2.33 bits per heavy atom. The summed E-state index contributed by atoms with van der Waals surface area (Å²) in [4.78, 5) is 6.36. The van der Waals surface area contributed by atoms with Gasteiger partial charge in [0.2, 0.25) is 0 Å². The van der Waals surface area contributed by atoms with Crippen molar-refractivity contribution in [1.29, 1.82) is 0 Å². The zero-order valence-electron chi connectivity index (χ0n) is 10.8. The lowest BCUT2D eigenvalue weighted by molar-refractivity contribution is 0.317. The molecule has 0 fully saturated rings. The van der Waals surface area contributed by atoms with Crippen LogP contribution < -0.4 is 15.4 Å². The third kappa shape index (κ3) is 3.80. The normalized spacial score (nSPS) is 11.3. The molecule has 0 spiro atoms. The Bertz CT molecular complexity index is 395. The van der Waals surface area contributed by atoms with Gasteiger partial charge in [0.05, 0.1) is 6.61 Å². The fourth-order valence-electron chi connectivity index (χ4n) is 1.60. The van der Waals surface area contributed by atoms with Crippen LogP contribution in [-0.2, 0) is 0 Å². The van der Waals surface area contributed by atoms with Gasteiger partial charge in [0.15, 0.2) is 11.6 Å². The van der Waals surface area contributed by atoms with Crippen molar-refractivity contribution in [3.05, 3.63) is 18.3 Å². The van der Waals surface area contributed by atoms with Gasteiger partial charge in [-0.2, -0.15) is 0 Å². The molecule has 0 aliphatic carbocycles. The van der Waals surface area contributed by atoms with Crippen molar-refractivity contribution >= 4 is 11.7 Å². The van der Waals surface area contributed by atoms with E-state index in [9.17, 15) is 0 Å². The number of hydrogen-bond donors (Lipinski definition) is 2. The Kier molecular flexibility index (Phi) is 5.76. The van der Waals surface area contributed by atoms with Gasteiger partial charge >= 0.3 is 0 Å². The van der Waals surface area contributed by atoms with Crippen LogP contribution in [0, 0.1) is 0 Å². The second-order valence-electron chi connectivity index (χ2n) is 3.68. The van der Waals surface area contributed by atoms with Gasteiger partial charge in [-0.15, -0.1) is 0 Å². The third-order valence-electron chi connectivity index (χ3n) is 2.50. The molecule has 0 radical (unpaired) electrons. The molecular formula is C12H20N4O2. The highest BCUT2D eigenvalue weighted by molar-refractivity contribution is 5.80. The summed E-state index contributed by atoms with van der Waals surface area (Å²) < 4.78 is 5.54. The number of nitrogens with two attached hydrogens (primary N) is 1. The van der Waals surface area contributed by atoms with Gasteiger partial charge < -0.3 is 20.6 Å². The van der Waals surface area contributed by atoms with Gasteiger partial charge in [-0.05, 0) is 26.0 Å². The number of pyridine rings is 1. The minimum atomic E-state index is 0.211. The van der Waals surface area contributed by atoms with Gasteiger partial charge in [-0.25, -0.2) is 4.98 Å². The average molecular weight is 252 g/mol. The van der Waals surface area contributed by atoms with Crippen molar-refractivity contribution in [2.75, 3.05) is 24.6 Å². The van der Waals surface area contributed by atoms with E-state index in [0.29, 0.717) is 19.6 Å². The van der Waals surface area contributed by atoms with E-state index in [1.54, 1.807) is 6.20 Å². The molecule has 0 aliphatic heterocycles. The average Bonchev–Trinajstić information content (AvgIpc) is 2.41. The third-order valence-corrected chi connectivity index (χ3v) is 2.50. The van der Waals surface area contributed by atoms with Gasteiger partial charge in [0.1, 0.15) is 5.84 Å². The molecule has 3 N–H and O–H groups in total. The van der Waals surface area contributed by atoms with Crippen molar-refractivity contribution in [2.45, 2.75) is 20.3 Å². The van der Waals surface area contributed by atoms with E-state index in [1.807, 2.05) is 30.9 Å². The lowest BCUT2D eigenvalue weighted by atomic mass is 10.3. The van der Waals surface area contributed by atoms with Crippen molar-refractivity contribution < 1.29 is 9.94 Å². The summed E-state index contributed by atoms with van der Waals surface area (Å²) in [5, 5.41) is 11.5. The first kappa shape index (κ1) is 14.1. The van der Waals surface area contributed by atoms with E-state index >= 15 is 0 Å². The molecule has 0 saturated carbocycles. The largest absolute Gasteiger partial charge is 0.490 e. The summed E-state index contributed by atoms with van der Waals surface area (Å²) in [7, 11) is 0. The highest BCUT2D eigenvalue weighted by Gasteiger charge is 2.12. The maximum atomic E-state index is 8.53. The molecule has 0 aromatic carbocycles. The number of amidine groups is 1. The molecule has 0 bridgehead atoms. The number of hydrogen-bond acceptors (Lipinski definition) is 5. The molecule has 0 saturated heterocycles. The molecule has 0 atom stereocenters. The number of ether oxygens (including phenoxy) is 1. The highest BCUT2D eigenvalue weighted by atomic mass is 16.5. The van der Waals surface area contributed by atoms with Crippen LogP contribution in [0.25, 0.3) is 0 Å². The summed E-state index contributed by atoms with van der Waals surface area (Å²) in [6.07, 6.45) is 2.20. The highest BCUT2D eigenvalue weighted by Crippen LogP contribution is 2.25. The lowest BCUT2D eigenvalue weighted by Crippen LogP contribution is -2.29. The van der Waals surface area contributed by atoms with Crippen molar-refractivity contribution in [3.63, 3.8) is 0 Å². The van der Waals surface area contributed by atoms with Crippen molar-refractivity contribution in [1.82, 2.24) is 4.98 Å². The number of oxime groups is 1. The smallest absolute Gasteiger partial charge is 0.171 e. The Morgan fingerprint density at radius 3 is 2.94 bits per heavy atom. The molecular weight excluding hydrogens is 232 g/mol. The molecule has 1 rings (SSSR count). The predicted molar refractivity (Wildman–Crippen MR) is 71.3 cm³/mol. The quantitative estimate of drug-likeness (QED) is 0.332. The standard InChI is InChI=1S/C12H20N4O2/c1-3-16(9-7-11(13)15-17)12-10(18-4-2)6-5-8-14-12/h5-6,8,17H,3-4,7,9H2,1-2H3,(H2,13,15). The first-order valence-electron chi connectivity index (χ1n) is 6.02. The molecule has 0 amide bonds. The van der Waals surface area contributed by atoms with Crippen LogP contribution in [0.1, 0.15) is 20.3 Å². The van der Waals surface area contributed by atoms with Crippen LogP contribution in [0.4, 0.5) is 5.82 Å². The number of nitrogens with zero attached hydrogens (tertiary/aromatic N) is 3. The van der Waals surface area contributed by atoms with Crippen molar-refractivity contribution in [2.24, 2.45) is 10.9 Å². The van der Waals surface area contributed by atoms with Gasteiger partial charge in [0, 0.05) is 25.7 Å². The van der Waals surface area contributed by atoms with E-state index in [1.165, 1.54) is 0 Å². The van der Waals surface area contributed by atoms with E-state index in [4.69, 9.17) is 15.7 Å². The lowest BCUT2D eigenvalue weighted by Gasteiger charge is -2.23. The SMILES string of the molecule is CCOc1cccnc1N(CC)CC/C(N)=N/O. The minimum absolute atomic E-state index is 0.211. The van der Waals surface area contributed by atoms with Gasteiger partial charge in [-0.3, -0.25) is 0 Å². The second kappa shape index (κ2) is 7.37. The molecule has 0 aliphatic rings. The molecule has 1 aromatic heterocycles. The van der Waals surface area contributed by atoms with Crippen LogP contribution in [0.5, 0.6) is 5.75 Å². The van der Waals surface area contributed by atoms with Crippen LogP contribution in [0.3, 0.4) is 0 Å². The molecule has 0 unspecified atom stereocenters. The fraction of sp³-hybridized carbons (Fsp3) is 0.500. The van der Waals surface area contributed by atoms with E-state index < -0.39 is 0 Å². The topological polar surface area (TPSA) is 84.0 Å². The maximum absolute atomic E-state index is 8.53. The zero-order chi connectivity index (χ0) is 13.4. The maximum Gasteiger partial charge on any atom is 0.171 e. The summed E-state index contributed by atoms with van der Waals surface area (Å²) in [5.41, 5.74) is 5.47. The molecule has 100 valence electrons. The summed E-state index contributed by atoms with van der Waals surface area (Å²) in [6.45, 7) is 5.95. The van der Waals surface area contributed by atoms with E-state index in [0.717, 1.165) is 18.1 Å². The Morgan fingerprint density at radius 1 is 1.56 bits per heavy atom. The monoisotopic (exact) mass is 252 g/mol. The van der Waals surface area contributed by atoms with Crippen LogP contribution in [-0.4, -0.2) is 35.7 Å².